The highest BCUT2D eigenvalue weighted by Crippen LogP contribution is 2.42. The van der Waals surface area contributed by atoms with E-state index in [1.165, 1.54) is 4.90 Å². The zero-order chi connectivity index (χ0) is 19.8. The lowest BCUT2D eigenvalue weighted by Crippen LogP contribution is -2.32. The fourth-order valence-electron chi connectivity index (χ4n) is 3.41. The Labute approximate surface area is 168 Å². The number of halogens is 1. The molecule has 1 atom stereocenters. The molecule has 1 saturated heterocycles. The summed E-state index contributed by atoms with van der Waals surface area (Å²) < 4.78 is 11.5. The maximum absolute atomic E-state index is 12.7. The molecule has 1 amide bonds. The van der Waals surface area contributed by atoms with Crippen LogP contribution in [0.1, 0.15) is 17.2 Å². The van der Waals surface area contributed by atoms with Crippen LogP contribution in [0.3, 0.4) is 0 Å². The summed E-state index contributed by atoms with van der Waals surface area (Å²) in [4.78, 5) is 26.6. The first-order chi connectivity index (χ1) is 13.5. The zero-order valence-corrected chi connectivity index (χ0v) is 16.2. The maximum atomic E-state index is 12.7. The predicted molar refractivity (Wildman–Crippen MR) is 103 cm³/mol. The van der Waals surface area contributed by atoms with Crippen molar-refractivity contribution in [1.29, 1.82) is 0 Å². The number of ketones is 1. The van der Waals surface area contributed by atoms with Gasteiger partial charge >= 0.3 is 0 Å². The predicted octanol–water partition coefficient (Wildman–Crippen LogP) is 2.59. The van der Waals surface area contributed by atoms with Gasteiger partial charge in [-0.05, 0) is 29.8 Å². The number of ether oxygens (including phenoxy) is 2. The minimum Gasteiger partial charge on any atom is -0.507 e. The molecule has 1 fully saturated rings. The number of likely N-dealkylation sites (tertiary alicyclic amines) is 1. The molecule has 2 heterocycles. The maximum Gasteiger partial charge on any atom is 0.295 e. The number of carbonyl (C=O) groups excluding carboxylic acids is 2. The molecule has 144 valence electrons. The van der Waals surface area contributed by atoms with Gasteiger partial charge in [-0.2, -0.15) is 0 Å². The van der Waals surface area contributed by atoms with Gasteiger partial charge in [-0.15, -0.1) is 0 Å². The van der Waals surface area contributed by atoms with Gasteiger partial charge in [0.2, 0.25) is 6.79 Å². The molecule has 0 aromatic heterocycles. The number of hydrogen-bond donors (Lipinski definition) is 2. The van der Waals surface area contributed by atoms with Crippen LogP contribution in [-0.2, 0) is 9.59 Å². The molecule has 0 saturated carbocycles. The zero-order valence-electron chi connectivity index (χ0n) is 14.6. The highest BCUT2D eigenvalue weighted by Gasteiger charge is 2.46. The molecule has 2 aliphatic heterocycles. The van der Waals surface area contributed by atoms with Crippen LogP contribution in [-0.4, -0.2) is 46.7 Å². The van der Waals surface area contributed by atoms with Crippen molar-refractivity contribution in [3.63, 3.8) is 0 Å². The average molecular weight is 446 g/mol. The van der Waals surface area contributed by atoms with Crippen molar-refractivity contribution >= 4 is 33.4 Å². The van der Waals surface area contributed by atoms with Crippen LogP contribution in [0, 0.1) is 0 Å². The summed E-state index contributed by atoms with van der Waals surface area (Å²) in [5.41, 5.74) is 0.964. The SMILES string of the molecule is O=C1C(=O)N(CCO)[C@@H](c2ccc3c(c2)OCO3)C1=C(O)c1ccc(Br)cc1. The Hall–Kier alpha value is -2.84. The molecule has 2 aromatic carbocycles. The molecule has 0 bridgehead atoms. The number of aliphatic hydroxyl groups excluding tert-OH is 2. The Bertz CT molecular complexity index is 985. The van der Waals surface area contributed by atoms with Gasteiger partial charge in [0.1, 0.15) is 5.76 Å². The largest absolute Gasteiger partial charge is 0.507 e. The summed E-state index contributed by atoms with van der Waals surface area (Å²) in [7, 11) is 0. The minimum atomic E-state index is -0.842. The van der Waals surface area contributed by atoms with Crippen LogP contribution in [0.5, 0.6) is 11.5 Å². The Morgan fingerprint density at radius 1 is 1.11 bits per heavy atom. The number of carbonyl (C=O) groups is 2. The number of nitrogens with zero attached hydrogens (tertiary/aromatic N) is 1. The third kappa shape index (κ3) is 3.04. The first-order valence-corrected chi connectivity index (χ1v) is 9.35. The van der Waals surface area contributed by atoms with Gasteiger partial charge < -0.3 is 24.6 Å². The van der Waals surface area contributed by atoms with Gasteiger partial charge in [-0.25, -0.2) is 0 Å². The van der Waals surface area contributed by atoms with E-state index in [0.717, 1.165) is 4.47 Å². The Kier molecular flexibility index (Phi) is 4.82. The number of rotatable bonds is 4. The highest BCUT2D eigenvalue weighted by molar-refractivity contribution is 9.10. The second-order valence-electron chi connectivity index (χ2n) is 6.34. The number of aliphatic hydroxyl groups is 2. The fourth-order valence-corrected chi connectivity index (χ4v) is 3.68. The third-order valence-corrected chi connectivity index (χ3v) is 5.24. The fraction of sp³-hybridized carbons (Fsp3) is 0.200. The van der Waals surface area contributed by atoms with Gasteiger partial charge in [0.25, 0.3) is 11.7 Å². The van der Waals surface area contributed by atoms with Gasteiger partial charge in [0, 0.05) is 16.6 Å². The van der Waals surface area contributed by atoms with Crippen molar-refractivity contribution in [3.05, 3.63) is 63.6 Å². The van der Waals surface area contributed by atoms with E-state index < -0.39 is 17.7 Å². The van der Waals surface area contributed by atoms with Crippen molar-refractivity contribution < 1.29 is 29.3 Å². The van der Waals surface area contributed by atoms with Crippen molar-refractivity contribution in [2.75, 3.05) is 19.9 Å². The van der Waals surface area contributed by atoms with Crippen LogP contribution < -0.4 is 9.47 Å². The van der Waals surface area contributed by atoms with Crippen LogP contribution in [0.25, 0.3) is 5.76 Å². The van der Waals surface area contributed by atoms with Crippen molar-refractivity contribution in [3.8, 4) is 11.5 Å². The van der Waals surface area contributed by atoms with Gasteiger partial charge in [0.05, 0.1) is 18.2 Å². The van der Waals surface area contributed by atoms with Gasteiger partial charge in [-0.1, -0.05) is 34.1 Å². The van der Waals surface area contributed by atoms with E-state index in [-0.39, 0.29) is 31.3 Å². The summed E-state index contributed by atoms with van der Waals surface area (Å²) in [6.07, 6.45) is 0. The van der Waals surface area contributed by atoms with Crippen molar-refractivity contribution in [2.45, 2.75) is 6.04 Å². The van der Waals surface area contributed by atoms with Gasteiger partial charge in [0.15, 0.2) is 11.5 Å². The molecule has 0 aliphatic carbocycles. The number of benzene rings is 2. The first kappa shape index (κ1) is 18.5. The third-order valence-electron chi connectivity index (χ3n) is 4.71. The molecule has 0 spiro atoms. The summed E-state index contributed by atoms with van der Waals surface area (Å²) in [5, 5.41) is 20.2. The minimum absolute atomic E-state index is 0.0281. The normalized spacial score (nSPS) is 20.1. The first-order valence-electron chi connectivity index (χ1n) is 8.56. The molecule has 28 heavy (non-hydrogen) atoms. The molecule has 0 unspecified atom stereocenters. The molecular weight excluding hydrogens is 430 g/mol. The number of Topliss-reactive ketones (excluding diaryl/α,β-unsaturated/α-hetero) is 1. The second kappa shape index (κ2) is 7.29. The summed E-state index contributed by atoms with van der Waals surface area (Å²) >= 11 is 3.33. The molecule has 4 rings (SSSR count). The molecular formula is C20H16BrNO6. The van der Waals surface area contributed by atoms with E-state index in [9.17, 15) is 19.8 Å². The topological polar surface area (TPSA) is 96.3 Å². The second-order valence-corrected chi connectivity index (χ2v) is 7.25. The van der Waals surface area contributed by atoms with Crippen LogP contribution >= 0.6 is 15.9 Å². The standard InChI is InChI=1S/C20H16BrNO6/c21-13-4-1-11(2-5-13)18(24)16-17(22(7-8-23)20(26)19(16)25)12-3-6-14-15(9-12)28-10-27-14/h1-6,9,17,23-24H,7-8,10H2/t17-/m0/s1. The summed E-state index contributed by atoms with van der Waals surface area (Å²) in [5.74, 6) is -0.771. The number of hydrogen-bond acceptors (Lipinski definition) is 6. The van der Waals surface area contributed by atoms with Crippen molar-refractivity contribution in [1.82, 2.24) is 4.90 Å². The van der Waals surface area contributed by atoms with Crippen LogP contribution in [0.4, 0.5) is 0 Å². The molecule has 2 N–H and O–H groups in total. The Balaban J connectivity index is 1.87. The highest BCUT2D eigenvalue weighted by atomic mass is 79.9. The van der Waals surface area contributed by atoms with Crippen LogP contribution in [0.15, 0.2) is 52.5 Å². The number of fused-ring (bicyclic) bond motifs is 1. The lowest BCUT2D eigenvalue weighted by atomic mass is 9.95. The monoisotopic (exact) mass is 445 g/mol. The van der Waals surface area contributed by atoms with Crippen LogP contribution in [0.2, 0.25) is 0 Å². The Morgan fingerprint density at radius 3 is 2.54 bits per heavy atom. The summed E-state index contributed by atoms with van der Waals surface area (Å²) in [6.45, 7) is -0.262. The smallest absolute Gasteiger partial charge is 0.295 e. The van der Waals surface area contributed by atoms with E-state index in [1.54, 1.807) is 42.5 Å². The van der Waals surface area contributed by atoms with E-state index in [1.807, 2.05) is 0 Å². The van der Waals surface area contributed by atoms with E-state index >= 15 is 0 Å². The van der Waals surface area contributed by atoms with Gasteiger partial charge in [-0.3, -0.25) is 9.59 Å². The van der Waals surface area contributed by atoms with Crippen molar-refractivity contribution in [2.24, 2.45) is 0 Å². The van der Waals surface area contributed by atoms with E-state index in [2.05, 4.69) is 15.9 Å². The summed E-state index contributed by atoms with van der Waals surface area (Å²) in [6, 6.07) is 11.0. The molecule has 2 aliphatic rings. The molecule has 0 radical (unpaired) electrons. The number of β-amino-alcohol motifs (C(OH)–C–C–N with tert-alkyl or cyclic N) is 1. The quantitative estimate of drug-likeness (QED) is 0.426. The molecule has 7 nitrogen and oxygen atoms in total. The van der Waals surface area contributed by atoms with E-state index in [4.69, 9.17) is 9.47 Å². The molecule has 2 aromatic rings. The number of amides is 1. The van der Waals surface area contributed by atoms with E-state index in [0.29, 0.717) is 22.6 Å². The molecule has 8 heteroatoms. The lowest BCUT2D eigenvalue weighted by molar-refractivity contribution is -0.140. The average Bonchev–Trinajstić information content (AvgIpc) is 3.26. The Morgan fingerprint density at radius 2 is 1.82 bits per heavy atom. The lowest BCUT2D eigenvalue weighted by Gasteiger charge is -2.24.